The summed E-state index contributed by atoms with van der Waals surface area (Å²) in [6.45, 7) is 7.09. The van der Waals surface area contributed by atoms with Crippen LogP contribution in [0, 0.1) is 13.8 Å². The molecular formula is C20H22N4O2. The van der Waals surface area contributed by atoms with Gasteiger partial charge in [-0.25, -0.2) is 4.68 Å². The van der Waals surface area contributed by atoms with E-state index in [0.717, 1.165) is 17.0 Å². The first-order valence-electron chi connectivity index (χ1n) is 8.56. The van der Waals surface area contributed by atoms with Gasteiger partial charge >= 0.3 is 0 Å². The number of nitrogens with one attached hydrogen (secondary N) is 1. The lowest BCUT2D eigenvalue weighted by Crippen LogP contribution is -2.23. The molecule has 1 heterocycles. The Hall–Kier alpha value is -3.15. The van der Waals surface area contributed by atoms with Crippen LogP contribution in [0.5, 0.6) is 5.75 Å². The van der Waals surface area contributed by atoms with Crippen LogP contribution in [0.1, 0.15) is 34.1 Å². The maximum Gasteiger partial charge on any atom is 0.273 e. The van der Waals surface area contributed by atoms with Gasteiger partial charge in [-0.05, 0) is 61.7 Å². The quantitative estimate of drug-likeness (QED) is 0.741. The van der Waals surface area contributed by atoms with E-state index in [1.54, 1.807) is 10.9 Å². The second kappa shape index (κ2) is 7.82. The summed E-state index contributed by atoms with van der Waals surface area (Å²) < 4.78 is 7.02. The third kappa shape index (κ3) is 4.08. The van der Waals surface area contributed by atoms with Crippen LogP contribution in [0.2, 0.25) is 0 Å². The van der Waals surface area contributed by atoms with Crippen molar-refractivity contribution in [1.82, 2.24) is 20.3 Å². The number of nitrogens with zero attached hydrogens (tertiary/aromatic N) is 3. The smallest absolute Gasteiger partial charge is 0.273 e. The zero-order valence-corrected chi connectivity index (χ0v) is 15.2. The minimum Gasteiger partial charge on any atom is -0.494 e. The van der Waals surface area contributed by atoms with E-state index < -0.39 is 0 Å². The molecule has 0 spiro atoms. The number of rotatable bonds is 6. The predicted octanol–water partition coefficient (Wildman–Crippen LogP) is 3.21. The van der Waals surface area contributed by atoms with E-state index in [1.165, 1.54) is 11.1 Å². The van der Waals surface area contributed by atoms with Gasteiger partial charge in [-0.15, -0.1) is 5.10 Å². The lowest BCUT2D eigenvalue weighted by Gasteiger charge is -2.06. The molecule has 6 nitrogen and oxygen atoms in total. The third-order valence-electron chi connectivity index (χ3n) is 4.17. The lowest BCUT2D eigenvalue weighted by molar-refractivity contribution is 0.0946. The Morgan fingerprint density at radius 1 is 1.12 bits per heavy atom. The van der Waals surface area contributed by atoms with E-state index in [2.05, 4.69) is 22.6 Å². The molecule has 0 radical (unpaired) electrons. The predicted molar refractivity (Wildman–Crippen MR) is 99.6 cm³/mol. The fourth-order valence-corrected chi connectivity index (χ4v) is 2.51. The molecule has 0 saturated heterocycles. The number of amides is 1. The van der Waals surface area contributed by atoms with Crippen LogP contribution in [0.3, 0.4) is 0 Å². The molecule has 3 rings (SSSR count). The number of aryl methyl sites for hydroxylation is 2. The van der Waals surface area contributed by atoms with Gasteiger partial charge in [0, 0.05) is 6.54 Å². The molecule has 0 atom stereocenters. The minimum absolute atomic E-state index is 0.256. The van der Waals surface area contributed by atoms with E-state index in [1.807, 2.05) is 56.3 Å². The Kier molecular flexibility index (Phi) is 5.31. The van der Waals surface area contributed by atoms with Crippen LogP contribution in [-0.4, -0.2) is 27.5 Å². The average Bonchev–Trinajstić information content (AvgIpc) is 3.14. The van der Waals surface area contributed by atoms with E-state index in [-0.39, 0.29) is 11.6 Å². The molecule has 0 fully saturated rings. The molecule has 1 N–H and O–H groups in total. The van der Waals surface area contributed by atoms with Crippen molar-refractivity contribution >= 4 is 5.91 Å². The molecule has 26 heavy (non-hydrogen) atoms. The molecule has 0 saturated carbocycles. The van der Waals surface area contributed by atoms with Crippen LogP contribution >= 0.6 is 0 Å². The van der Waals surface area contributed by atoms with Crippen LogP contribution in [0.15, 0.2) is 48.7 Å². The largest absolute Gasteiger partial charge is 0.494 e. The number of benzene rings is 2. The summed E-state index contributed by atoms with van der Waals surface area (Å²) in [7, 11) is 0. The van der Waals surface area contributed by atoms with Crippen molar-refractivity contribution < 1.29 is 9.53 Å². The van der Waals surface area contributed by atoms with Gasteiger partial charge in [-0.1, -0.05) is 23.4 Å². The number of carbonyl (C=O) groups is 1. The number of hydrogen-bond donors (Lipinski definition) is 1. The normalized spacial score (nSPS) is 10.6. The van der Waals surface area contributed by atoms with Crippen molar-refractivity contribution in [2.75, 3.05) is 6.61 Å². The fourth-order valence-electron chi connectivity index (χ4n) is 2.51. The maximum atomic E-state index is 12.3. The molecule has 134 valence electrons. The summed E-state index contributed by atoms with van der Waals surface area (Å²) in [5.74, 6) is 0.563. The van der Waals surface area contributed by atoms with Crippen molar-refractivity contribution in [3.05, 3.63) is 71.0 Å². The molecule has 2 aromatic carbocycles. The second-order valence-electron chi connectivity index (χ2n) is 6.08. The first-order valence-corrected chi connectivity index (χ1v) is 8.56. The first-order chi connectivity index (χ1) is 12.6. The standard InChI is InChI=1S/C20H22N4O2/c1-4-26-18-9-6-16(7-10-18)12-21-20(25)19-13-24(23-22-19)17-8-5-14(2)15(3)11-17/h5-11,13H,4,12H2,1-3H3,(H,21,25). The average molecular weight is 350 g/mol. The highest BCUT2D eigenvalue weighted by Crippen LogP contribution is 2.14. The molecule has 0 aliphatic carbocycles. The van der Waals surface area contributed by atoms with Gasteiger partial charge in [0.1, 0.15) is 5.75 Å². The number of hydrogen-bond acceptors (Lipinski definition) is 4. The zero-order chi connectivity index (χ0) is 18.5. The number of ether oxygens (including phenoxy) is 1. The van der Waals surface area contributed by atoms with Gasteiger partial charge in [0.05, 0.1) is 18.5 Å². The topological polar surface area (TPSA) is 69.0 Å². The first kappa shape index (κ1) is 17.7. The van der Waals surface area contributed by atoms with Gasteiger partial charge < -0.3 is 10.1 Å². The minimum atomic E-state index is -0.256. The summed E-state index contributed by atoms with van der Waals surface area (Å²) in [5.41, 5.74) is 4.53. The Labute approximate surface area is 152 Å². The van der Waals surface area contributed by atoms with Crippen LogP contribution < -0.4 is 10.1 Å². The monoisotopic (exact) mass is 350 g/mol. The number of carbonyl (C=O) groups excluding carboxylic acids is 1. The highest BCUT2D eigenvalue weighted by molar-refractivity contribution is 5.91. The Morgan fingerprint density at radius 2 is 1.88 bits per heavy atom. The Bertz CT molecular complexity index is 900. The molecule has 0 aliphatic heterocycles. The highest BCUT2D eigenvalue weighted by Gasteiger charge is 2.11. The molecule has 1 amide bonds. The van der Waals surface area contributed by atoms with E-state index in [9.17, 15) is 4.79 Å². The second-order valence-corrected chi connectivity index (χ2v) is 6.08. The summed E-state index contributed by atoms with van der Waals surface area (Å²) in [4.78, 5) is 12.3. The summed E-state index contributed by atoms with van der Waals surface area (Å²) in [5, 5.41) is 10.9. The summed E-state index contributed by atoms with van der Waals surface area (Å²) >= 11 is 0. The van der Waals surface area contributed by atoms with Gasteiger partial charge in [0.25, 0.3) is 5.91 Å². The van der Waals surface area contributed by atoms with Gasteiger partial charge in [-0.2, -0.15) is 0 Å². The summed E-state index contributed by atoms with van der Waals surface area (Å²) in [6, 6.07) is 13.6. The van der Waals surface area contributed by atoms with Crippen LogP contribution in [0.25, 0.3) is 5.69 Å². The molecule has 0 aliphatic rings. The Balaban J connectivity index is 1.63. The maximum absolute atomic E-state index is 12.3. The van der Waals surface area contributed by atoms with Crippen LogP contribution in [0.4, 0.5) is 0 Å². The number of aromatic nitrogens is 3. The summed E-state index contributed by atoms with van der Waals surface area (Å²) in [6.07, 6.45) is 1.64. The van der Waals surface area contributed by atoms with Crippen molar-refractivity contribution in [1.29, 1.82) is 0 Å². The van der Waals surface area contributed by atoms with Gasteiger partial charge in [-0.3, -0.25) is 4.79 Å². The zero-order valence-electron chi connectivity index (χ0n) is 15.2. The molecule has 1 aromatic heterocycles. The van der Waals surface area contributed by atoms with Crippen LogP contribution in [-0.2, 0) is 6.54 Å². The Morgan fingerprint density at radius 3 is 2.58 bits per heavy atom. The highest BCUT2D eigenvalue weighted by atomic mass is 16.5. The molecule has 0 unspecified atom stereocenters. The molecule has 6 heteroatoms. The van der Waals surface area contributed by atoms with Gasteiger partial charge in [0.2, 0.25) is 0 Å². The van der Waals surface area contributed by atoms with Gasteiger partial charge in [0.15, 0.2) is 5.69 Å². The van der Waals surface area contributed by atoms with E-state index in [4.69, 9.17) is 4.74 Å². The fraction of sp³-hybridized carbons (Fsp3) is 0.250. The third-order valence-corrected chi connectivity index (χ3v) is 4.17. The molecule has 0 bridgehead atoms. The SMILES string of the molecule is CCOc1ccc(CNC(=O)c2cn(-c3ccc(C)c(C)c3)nn2)cc1. The van der Waals surface area contributed by atoms with E-state index >= 15 is 0 Å². The molecule has 3 aromatic rings. The van der Waals surface area contributed by atoms with Crippen molar-refractivity contribution in [3.8, 4) is 11.4 Å². The van der Waals surface area contributed by atoms with Crippen molar-refractivity contribution in [2.45, 2.75) is 27.3 Å². The lowest BCUT2D eigenvalue weighted by atomic mass is 10.1. The van der Waals surface area contributed by atoms with Crippen molar-refractivity contribution in [3.63, 3.8) is 0 Å². The molecular weight excluding hydrogens is 328 g/mol. The van der Waals surface area contributed by atoms with Crippen molar-refractivity contribution in [2.24, 2.45) is 0 Å². The van der Waals surface area contributed by atoms with E-state index in [0.29, 0.717) is 13.2 Å².